The standard InChI is InChI=1S/C24H21NO2/c1-17(26)18-12-14-21(15-13-18)25-23(27)22-16-24(22,19-8-4-2-5-9-19)20-10-6-3-7-11-20/h2-15,22H,16H2,1H3,(H,25,27). The maximum Gasteiger partial charge on any atom is 0.228 e. The van der Waals surface area contributed by atoms with Gasteiger partial charge in [0.15, 0.2) is 5.78 Å². The second-order valence-corrected chi connectivity index (χ2v) is 7.08. The van der Waals surface area contributed by atoms with Gasteiger partial charge in [0.1, 0.15) is 0 Å². The van der Waals surface area contributed by atoms with Crippen LogP contribution in [0.4, 0.5) is 5.69 Å². The highest BCUT2D eigenvalue weighted by Gasteiger charge is 2.60. The molecule has 27 heavy (non-hydrogen) atoms. The van der Waals surface area contributed by atoms with Gasteiger partial charge in [-0.25, -0.2) is 0 Å². The van der Waals surface area contributed by atoms with Gasteiger partial charge in [0.2, 0.25) is 5.91 Å². The van der Waals surface area contributed by atoms with Crippen LogP contribution in [0.1, 0.15) is 34.8 Å². The van der Waals surface area contributed by atoms with Crippen molar-refractivity contribution in [3.05, 3.63) is 102 Å². The molecule has 1 N–H and O–H groups in total. The van der Waals surface area contributed by atoms with Gasteiger partial charge in [-0.3, -0.25) is 9.59 Å². The molecular weight excluding hydrogens is 334 g/mol. The van der Waals surface area contributed by atoms with Crippen LogP contribution >= 0.6 is 0 Å². The molecule has 1 fully saturated rings. The molecule has 1 atom stereocenters. The lowest BCUT2D eigenvalue weighted by Crippen LogP contribution is -2.22. The third kappa shape index (κ3) is 3.17. The highest BCUT2D eigenvalue weighted by molar-refractivity contribution is 5.98. The lowest BCUT2D eigenvalue weighted by molar-refractivity contribution is -0.117. The molecule has 1 aliphatic rings. The van der Waals surface area contributed by atoms with Gasteiger partial charge in [0.05, 0.1) is 5.92 Å². The van der Waals surface area contributed by atoms with Gasteiger partial charge in [-0.1, -0.05) is 60.7 Å². The number of benzene rings is 3. The van der Waals surface area contributed by atoms with E-state index in [1.54, 1.807) is 24.3 Å². The van der Waals surface area contributed by atoms with Crippen LogP contribution in [0.25, 0.3) is 0 Å². The first-order chi connectivity index (χ1) is 13.1. The molecule has 0 aromatic heterocycles. The highest BCUT2D eigenvalue weighted by Crippen LogP contribution is 2.59. The Hall–Kier alpha value is -3.20. The summed E-state index contributed by atoms with van der Waals surface area (Å²) in [4.78, 5) is 24.4. The van der Waals surface area contributed by atoms with Crippen LogP contribution in [0.15, 0.2) is 84.9 Å². The third-order valence-electron chi connectivity index (χ3n) is 5.41. The van der Waals surface area contributed by atoms with E-state index in [4.69, 9.17) is 0 Å². The van der Waals surface area contributed by atoms with Crippen LogP contribution < -0.4 is 5.32 Å². The van der Waals surface area contributed by atoms with Crippen LogP contribution in [0.2, 0.25) is 0 Å². The number of anilines is 1. The normalized spacial score (nSPS) is 17.1. The van der Waals surface area contributed by atoms with E-state index in [0.717, 1.165) is 6.42 Å². The first-order valence-electron chi connectivity index (χ1n) is 9.14. The Bertz CT molecular complexity index is 923. The van der Waals surface area contributed by atoms with Crippen LogP contribution in [-0.2, 0) is 10.2 Å². The zero-order valence-corrected chi connectivity index (χ0v) is 15.2. The molecule has 3 aromatic rings. The number of carbonyl (C=O) groups excluding carboxylic acids is 2. The first kappa shape index (κ1) is 17.2. The number of hydrogen-bond acceptors (Lipinski definition) is 2. The zero-order chi connectivity index (χ0) is 18.9. The Labute approximate surface area is 159 Å². The van der Waals surface area contributed by atoms with E-state index in [9.17, 15) is 9.59 Å². The SMILES string of the molecule is CC(=O)c1ccc(NC(=O)C2CC2(c2ccccc2)c2ccccc2)cc1. The van der Waals surface area contributed by atoms with Crippen molar-refractivity contribution in [3.63, 3.8) is 0 Å². The summed E-state index contributed by atoms with van der Waals surface area (Å²) in [5.74, 6) is -0.0877. The number of ketones is 1. The number of rotatable bonds is 5. The average molecular weight is 355 g/mol. The van der Waals surface area contributed by atoms with Crippen molar-refractivity contribution >= 4 is 17.4 Å². The van der Waals surface area contributed by atoms with Gasteiger partial charge in [-0.05, 0) is 48.7 Å². The second-order valence-electron chi connectivity index (χ2n) is 7.08. The Morgan fingerprint density at radius 3 is 1.81 bits per heavy atom. The molecule has 0 spiro atoms. The molecule has 0 heterocycles. The van der Waals surface area contributed by atoms with E-state index < -0.39 is 0 Å². The molecule has 134 valence electrons. The van der Waals surface area contributed by atoms with E-state index in [1.807, 2.05) is 36.4 Å². The highest BCUT2D eigenvalue weighted by atomic mass is 16.2. The van der Waals surface area contributed by atoms with Crippen LogP contribution in [0.3, 0.4) is 0 Å². The first-order valence-corrected chi connectivity index (χ1v) is 9.14. The molecule has 0 aliphatic heterocycles. The third-order valence-corrected chi connectivity index (χ3v) is 5.41. The summed E-state index contributed by atoms with van der Waals surface area (Å²) in [6, 6.07) is 27.5. The zero-order valence-electron chi connectivity index (χ0n) is 15.2. The van der Waals surface area contributed by atoms with Gasteiger partial charge < -0.3 is 5.32 Å². The summed E-state index contributed by atoms with van der Waals surface area (Å²) in [5, 5.41) is 3.01. The lowest BCUT2D eigenvalue weighted by Gasteiger charge is -2.19. The van der Waals surface area contributed by atoms with Gasteiger partial charge in [-0.15, -0.1) is 0 Å². The number of Topliss-reactive ketones (excluding diaryl/α,β-unsaturated/α-hetero) is 1. The molecule has 3 aromatic carbocycles. The smallest absolute Gasteiger partial charge is 0.228 e. The van der Waals surface area contributed by atoms with Crippen molar-refractivity contribution in [3.8, 4) is 0 Å². The molecule has 1 amide bonds. The fourth-order valence-corrected chi connectivity index (χ4v) is 3.87. The minimum atomic E-state index is -0.272. The molecule has 0 radical (unpaired) electrons. The van der Waals surface area contributed by atoms with Crippen LogP contribution in [-0.4, -0.2) is 11.7 Å². The molecule has 3 nitrogen and oxygen atoms in total. The van der Waals surface area contributed by atoms with E-state index in [2.05, 4.69) is 29.6 Å². The van der Waals surface area contributed by atoms with Crippen LogP contribution in [0.5, 0.6) is 0 Å². The molecular formula is C24H21NO2. The summed E-state index contributed by atoms with van der Waals surface area (Å²) in [5.41, 5.74) is 3.42. The number of hydrogen-bond donors (Lipinski definition) is 1. The molecule has 3 heteroatoms. The van der Waals surface area contributed by atoms with Gasteiger partial charge in [0, 0.05) is 16.7 Å². The fraction of sp³-hybridized carbons (Fsp3) is 0.167. The molecule has 0 bridgehead atoms. The summed E-state index contributed by atoms with van der Waals surface area (Å²) in [7, 11) is 0. The Kier molecular flexibility index (Phi) is 4.36. The maximum atomic E-state index is 13.0. The van der Waals surface area contributed by atoms with Crippen LogP contribution in [0, 0.1) is 5.92 Å². The second kappa shape index (κ2) is 6.84. The summed E-state index contributed by atoms with van der Waals surface area (Å²) < 4.78 is 0. The van der Waals surface area contributed by atoms with E-state index in [1.165, 1.54) is 18.1 Å². The van der Waals surface area contributed by atoms with Gasteiger partial charge >= 0.3 is 0 Å². The van der Waals surface area contributed by atoms with Crippen molar-refractivity contribution < 1.29 is 9.59 Å². The molecule has 1 saturated carbocycles. The summed E-state index contributed by atoms with van der Waals surface area (Å²) >= 11 is 0. The quantitative estimate of drug-likeness (QED) is 0.666. The predicted octanol–water partition coefficient (Wildman–Crippen LogP) is 4.83. The van der Waals surface area contributed by atoms with Crippen molar-refractivity contribution in [2.45, 2.75) is 18.8 Å². The maximum absolute atomic E-state index is 13.0. The Balaban J connectivity index is 1.60. The van der Waals surface area contributed by atoms with E-state index in [-0.39, 0.29) is 23.0 Å². The number of nitrogens with one attached hydrogen (secondary N) is 1. The monoisotopic (exact) mass is 355 g/mol. The Morgan fingerprint density at radius 2 is 1.33 bits per heavy atom. The number of carbonyl (C=O) groups is 2. The van der Waals surface area contributed by atoms with Crippen molar-refractivity contribution in [2.75, 3.05) is 5.32 Å². The molecule has 1 unspecified atom stereocenters. The average Bonchev–Trinajstić information content (AvgIpc) is 3.47. The van der Waals surface area contributed by atoms with Gasteiger partial charge in [0.25, 0.3) is 0 Å². The summed E-state index contributed by atoms with van der Waals surface area (Å²) in [6.07, 6.45) is 0.790. The molecule has 4 rings (SSSR count). The largest absolute Gasteiger partial charge is 0.326 e. The lowest BCUT2D eigenvalue weighted by atomic mass is 9.85. The Morgan fingerprint density at radius 1 is 0.815 bits per heavy atom. The fourth-order valence-electron chi connectivity index (χ4n) is 3.87. The number of amides is 1. The van der Waals surface area contributed by atoms with E-state index >= 15 is 0 Å². The van der Waals surface area contributed by atoms with E-state index in [0.29, 0.717) is 11.3 Å². The molecule has 1 aliphatic carbocycles. The topological polar surface area (TPSA) is 46.2 Å². The minimum Gasteiger partial charge on any atom is -0.326 e. The van der Waals surface area contributed by atoms with Crippen molar-refractivity contribution in [2.24, 2.45) is 5.92 Å². The summed E-state index contributed by atoms with van der Waals surface area (Å²) in [6.45, 7) is 1.53. The van der Waals surface area contributed by atoms with Crippen molar-refractivity contribution in [1.29, 1.82) is 0 Å². The molecule has 0 saturated heterocycles. The predicted molar refractivity (Wildman–Crippen MR) is 107 cm³/mol. The van der Waals surface area contributed by atoms with Crippen molar-refractivity contribution in [1.82, 2.24) is 0 Å². The minimum absolute atomic E-state index is 0.0123. The van der Waals surface area contributed by atoms with Gasteiger partial charge in [-0.2, -0.15) is 0 Å².